The van der Waals surface area contributed by atoms with Crippen LogP contribution in [0.25, 0.3) is 0 Å². The van der Waals surface area contributed by atoms with Gasteiger partial charge in [0.25, 0.3) is 0 Å². The minimum Gasteiger partial charge on any atom is -0.418 e. The summed E-state index contributed by atoms with van der Waals surface area (Å²) in [6.07, 6.45) is 0. The Morgan fingerprint density at radius 1 is 1.00 bits per heavy atom. The van der Waals surface area contributed by atoms with Gasteiger partial charge in [0.2, 0.25) is 0 Å². The summed E-state index contributed by atoms with van der Waals surface area (Å²) in [5, 5.41) is 0. The van der Waals surface area contributed by atoms with Crippen molar-refractivity contribution in [2.24, 2.45) is 0 Å². The number of hydrogen-bond donors (Lipinski definition) is 0. The minimum absolute atomic E-state index is 0. The van der Waals surface area contributed by atoms with Crippen LogP contribution >= 0.6 is 0 Å². The van der Waals surface area contributed by atoms with E-state index < -0.39 is 7.25 Å². The first-order valence-corrected chi connectivity index (χ1v) is 2.21. The van der Waals surface area contributed by atoms with Crippen molar-refractivity contribution in [2.45, 2.75) is 0 Å². The van der Waals surface area contributed by atoms with Gasteiger partial charge in [0.1, 0.15) is 0 Å². The Labute approximate surface area is 72.1 Å². The van der Waals surface area contributed by atoms with Gasteiger partial charge >= 0.3 is 8.68 Å². The van der Waals surface area contributed by atoms with E-state index in [1.54, 1.807) is 0 Å². The number of rotatable bonds is 0. The van der Waals surface area contributed by atoms with Gasteiger partial charge < -0.3 is 22.2 Å². The molecule has 0 aliphatic heterocycles. The first-order chi connectivity index (χ1) is 3.73. The molecule has 0 heterocycles. The van der Waals surface area contributed by atoms with E-state index in [1.807, 2.05) is 26.0 Å². The van der Waals surface area contributed by atoms with Gasteiger partial charge in [-0.2, -0.15) is 0 Å². The van der Waals surface area contributed by atoms with Crippen molar-refractivity contribution in [2.75, 3.05) is 21.1 Å². The molecule has 0 amide bonds. The zero-order valence-electron chi connectivity index (χ0n) is 7.24. The Kier molecular flexibility index (Phi) is 12.5. The molecule has 0 radical (unpaired) electrons. The molecule has 0 rings (SSSR count). The summed E-state index contributed by atoms with van der Waals surface area (Å²) in [5.74, 6) is 0. The van der Waals surface area contributed by atoms with Gasteiger partial charge in [-0.3, -0.25) is 0 Å². The van der Waals surface area contributed by atoms with Crippen LogP contribution < -0.4 is 0 Å². The topological polar surface area (TPSA) is 3.24 Å². The molecule has 0 N–H and O–H groups in total. The molecule has 7 heteroatoms. The minimum atomic E-state index is -6.00. The Hall–Kier alpha value is 0.368. The van der Waals surface area contributed by atoms with E-state index in [2.05, 4.69) is 0 Å². The molecular formula is C3H10BF4NZn. The molecule has 0 aliphatic rings. The molecule has 0 saturated carbocycles. The van der Waals surface area contributed by atoms with Crippen LogP contribution in [0.4, 0.5) is 17.3 Å². The summed E-state index contributed by atoms with van der Waals surface area (Å²) >= 11 is 0. The van der Waals surface area contributed by atoms with Crippen molar-refractivity contribution in [1.82, 2.24) is 4.90 Å². The summed E-state index contributed by atoms with van der Waals surface area (Å²) in [4.78, 5) is 2.00. The molecule has 0 aromatic heterocycles. The molecular weight excluding hydrogens is 202 g/mol. The van der Waals surface area contributed by atoms with Gasteiger partial charge in [-0.1, -0.05) is 0 Å². The fraction of sp³-hybridized carbons (Fsp3) is 1.00. The Morgan fingerprint density at radius 2 is 1.00 bits per heavy atom. The van der Waals surface area contributed by atoms with Gasteiger partial charge in [-0.15, -0.1) is 0 Å². The second kappa shape index (κ2) is 7.48. The van der Waals surface area contributed by atoms with Crippen molar-refractivity contribution in [3.8, 4) is 0 Å². The van der Waals surface area contributed by atoms with Gasteiger partial charge in [0, 0.05) is 19.5 Å². The van der Waals surface area contributed by atoms with Crippen molar-refractivity contribution in [1.29, 1.82) is 0 Å². The van der Waals surface area contributed by atoms with Crippen LogP contribution in [0.15, 0.2) is 0 Å². The summed E-state index contributed by atoms with van der Waals surface area (Å²) in [5.41, 5.74) is 0. The van der Waals surface area contributed by atoms with Gasteiger partial charge in [0.05, 0.1) is 0 Å². The van der Waals surface area contributed by atoms with E-state index >= 15 is 0 Å². The van der Waals surface area contributed by atoms with Crippen LogP contribution in [-0.4, -0.2) is 33.3 Å². The largest absolute Gasteiger partial charge is 1.00 e. The van der Waals surface area contributed by atoms with Crippen LogP contribution in [-0.2, 0) is 19.5 Å². The van der Waals surface area contributed by atoms with E-state index in [4.69, 9.17) is 0 Å². The number of nitrogens with zero attached hydrogens (tertiary/aromatic N) is 1. The fourth-order valence-electron chi connectivity index (χ4n) is 0. The van der Waals surface area contributed by atoms with Gasteiger partial charge in [0.15, 0.2) is 0 Å². The normalized spacial score (nSPS) is 9.60. The summed E-state index contributed by atoms with van der Waals surface area (Å²) < 4.78 is 39.0. The van der Waals surface area contributed by atoms with Gasteiger partial charge in [-0.25, -0.2) is 0 Å². The number of halogens is 4. The second-order valence-electron chi connectivity index (χ2n) is 1.84. The molecule has 0 aliphatic carbocycles. The van der Waals surface area contributed by atoms with Crippen molar-refractivity contribution >= 4 is 7.25 Å². The molecule has 0 atom stereocenters. The third kappa shape index (κ3) is 3350. The molecule has 0 aromatic carbocycles. The van der Waals surface area contributed by atoms with Crippen LogP contribution in [0.3, 0.4) is 0 Å². The molecule has 0 spiro atoms. The monoisotopic (exact) mass is 211 g/mol. The van der Waals surface area contributed by atoms with E-state index in [1.165, 1.54) is 0 Å². The smallest absolute Gasteiger partial charge is 0.418 e. The van der Waals surface area contributed by atoms with Crippen LogP contribution in [0.2, 0.25) is 0 Å². The van der Waals surface area contributed by atoms with Crippen molar-refractivity contribution in [3.05, 3.63) is 0 Å². The number of hydrogen-bond acceptors (Lipinski definition) is 1. The summed E-state index contributed by atoms with van der Waals surface area (Å²) in [6, 6.07) is 0. The molecule has 0 saturated heterocycles. The zero-order valence-corrected chi connectivity index (χ0v) is 9.21. The average molecular weight is 212 g/mol. The van der Waals surface area contributed by atoms with E-state index in [9.17, 15) is 17.3 Å². The van der Waals surface area contributed by atoms with Crippen LogP contribution in [0.1, 0.15) is 1.43 Å². The molecule has 0 unspecified atom stereocenters. The SMILES string of the molecule is CN(C)C.F[B-](F)(F)F.[H+].[Zn]. The maximum absolute atomic E-state index is 9.75. The maximum atomic E-state index is 9.75. The molecule has 60 valence electrons. The average Bonchev–Trinajstić information content (AvgIpc) is 1.19. The molecule has 0 aromatic rings. The van der Waals surface area contributed by atoms with Crippen LogP contribution in [0.5, 0.6) is 0 Å². The predicted molar refractivity (Wildman–Crippen MR) is 30.9 cm³/mol. The maximum Gasteiger partial charge on any atom is 1.00 e. The second-order valence-corrected chi connectivity index (χ2v) is 1.84. The van der Waals surface area contributed by atoms with E-state index in [0.29, 0.717) is 0 Å². The summed E-state index contributed by atoms with van der Waals surface area (Å²) in [6.45, 7) is 0. The zero-order chi connectivity index (χ0) is 8.08. The van der Waals surface area contributed by atoms with Crippen molar-refractivity contribution in [3.63, 3.8) is 0 Å². The first-order valence-electron chi connectivity index (χ1n) is 2.21. The first kappa shape index (κ1) is 16.8. The van der Waals surface area contributed by atoms with Crippen LogP contribution in [0, 0.1) is 0 Å². The molecule has 0 fully saturated rings. The quantitative estimate of drug-likeness (QED) is 0.435. The summed E-state index contributed by atoms with van der Waals surface area (Å²) in [7, 11) is 0. The Balaban J connectivity index is -0.0000000383. The molecule has 10 heavy (non-hydrogen) atoms. The Bertz CT molecular complexity index is 62.1. The standard InChI is InChI=1S/C3H9N.BF4.Zn/c1-4(2)3;2-1(3,4)5;/h1-3H3;;/q;-1;/p+1. The molecule has 0 bridgehead atoms. The van der Waals surface area contributed by atoms with Crippen molar-refractivity contribution < 1.29 is 38.2 Å². The third-order valence-electron chi connectivity index (χ3n) is 0. The Morgan fingerprint density at radius 3 is 1.00 bits per heavy atom. The third-order valence-corrected chi connectivity index (χ3v) is 0. The van der Waals surface area contributed by atoms with Gasteiger partial charge in [-0.05, 0) is 21.1 Å². The molecule has 1 nitrogen and oxygen atoms in total. The predicted octanol–water partition coefficient (Wildman–Crippen LogP) is 1.59. The van der Waals surface area contributed by atoms with E-state index in [-0.39, 0.29) is 20.9 Å². The fourth-order valence-corrected chi connectivity index (χ4v) is 0. The van der Waals surface area contributed by atoms with E-state index in [0.717, 1.165) is 0 Å².